The molecule has 3 amide bonds. The van der Waals surface area contributed by atoms with Crippen LogP contribution in [0.2, 0.25) is 5.02 Å². The molecule has 3 N–H and O–H groups in total. The van der Waals surface area contributed by atoms with Crippen molar-refractivity contribution in [2.75, 3.05) is 44.6 Å². The van der Waals surface area contributed by atoms with Gasteiger partial charge in [0.15, 0.2) is 6.61 Å². The zero-order valence-corrected chi connectivity index (χ0v) is 19.8. The molecule has 2 heterocycles. The molecule has 9 heteroatoms. The second-order valence-corrected chi connectivity index (χ2v) is 9.67. The van der Waals surface area contributed by atoms with Crippen molar-refractivity contribution in [3.05, 3.63) is 58.9 Å². The first kappa shape index (κ1) is 24.3. The van der Waals surface area contributed by atoms with Crippen LogP contribution >= 0.6 is 11.6 Å². The predicted molar refractivity (Wildman–Crippen MR) is 130 cm³/mol. The van der Waals surface area contributed by atoms with E-state index in [1.165, 1.54) is 24.6 Å². The van der Waals surface area contributed by atoms with Gasteiger partial charge in [-0.2, -0.15) is 0 Å². The molecule has 2 aliphatic rings. The third-order valence-corrected chi connectivity index (χ3v) is 6.96. The molecule has 0 bridgehead atoms. The molecule has 2 saturated heterocycles. The molecule has 7 nitrogen and oxygen atoms in total. The molecule has 2 aromatic rings. The third-order valence-electron chi connectivity index (χ3n) is 6.73. The quantitative estimate of drug-likeness (QED) is 0.589. The number of primary amides is 1. The van der Waals surface area contributed by atoms with Gasteiger partial charge >= 0.3 is 6.03 Å². The molecule has 0 radical (unpaired) electrons. The summed E-state index contributed by atoms with van der Waals surface area (Å²) in [5, 5.41) is 2.88. The van der Waals surface area contributed by atoms with Crippen molar-refractivity contribution in [3.63, 3.8) is 0 Å². The first-order chi connectivity index (χ1) is 16.3. The van der Waals surface area contributed by atoms with Gasteiger partial charge in [0.05, 0.1) is 5.69 Å². The fraction of sp³-hybridized carbons (Fsp3) is 0.440. The Kier molecular flexibility index (Phi) is 7.58. The summed E-state index contributed by atoms with van der Waals surface area (Å²) in [5.41, 5.74) is 6.71. The highest BCUT2D eigenvalue weighted by molar-refractivity contribution is 6.31. The molecule has 2 aliphatic heterocycles. The van der Waals surface area contributed by atoms with E-state index in [0.29, 0.717) is 29.5 Å². The molecule has 0 spiro atoms. The highest BCUT2D eigenvalue weighted by Gasteiger charge is 2.38. The SMILES string of the molecule is NC(=O)Nc1cc(Cl)ccc1OCC(=O)N1CCC(Cc2ccc(F)cc2)(CN2CCC2)CC1. The lowest BCUT2D eigenvalue weighted by atomic mass is 9.73. The van der Waals surface area contributed by atoms with Crippen molar-refractivity contribution < 1.29 is 18.7 Å². The maximum absolute atomic E-state index is 13.4. The number of nitrogens with two attached hydrogens (primary N) is 1. The number of rotatable bonds is 8. The summed E-state index contributed by atoms with van der Waals surface area (Å²) in [5.74, 6) is -0.00728. The molecule has 4 rings (SSSR count). The van der Waals surface area contributed by atoms with Crippen LogP contribution in [0.1, 0.15) is 24.8 Å². The molecule has 0 aromatic heterocycles. The largest absolute Gasteiger partial charge is 0.482 e. The van der Waals surface area contributed by atoms with Gasteiger partial charge in [0, 0.05) is 24.7 Å². The first-order valence-electron chi connectivity index (χ1n) is 11.6. The van der Waals surface area contributed by atoms with E-state index in [4.69, 9.17) is 22.1 Å². The molecule has 34 heavy (non-hydrogen) atoms. The van der Waals surface area contributed by atoms with E-state index in [2.05, 4.69) is 10.2 Å². The topological polar surface area (TPSA) is 87.9 Å². The number of piperidine rings is 1. The lowest BCUT2D eigenvalue weighted by Gasteiger charge is -2.46. The van der Waals surface area contributed by atoms with Crippen LogP contribution in [-0.4, -0.2) is 61.1 Å². The number of nitrogens with zero attached hydrogens (tertiary/aromatic N) is 2. The number of nitrogens with one attached hydrogen (secondary N) is 1. The van der Waals surface area contributed by atoms with Gasteiger partial charge in [-0.3, -0.25) is 4.79 Å². The predicted octanol–water partition coefficient (Wildman–Crippen LogP) is 3.91. The molecular formula is C25H30ClFN4O3. The Balaban J connectivity index is 1.36. The standard InChI is InChI=1S/C25H30ClFN4O3/c26-19-4-7-22(21(14-19)29-24(28)33)34-16-23(32)31-12-8-25(9-13-31,17-30-10-1-11-30)15-18-2-5-20(27)6-3-18/h2-7,14H,1,8-13,15-17H2,(H3,28,29,33). The van der Waals surface area contributed by atoms with Crippen LogP contribution in [0.4, 0.5) is 14.9 Å². The molecule has 182 valence electrons. The Hall–Kier alpha value is -2.84. The van der Waals surface area contributed by atoms with Gasteiger partial charge in [-0.1, -0.05) is 23.7 Å². The van der Waals surface area contributed by atoms with E-state index >= 15 is 0 Å². The normalized spacial score (nSPS) is 17.6. The van der Waals surface area contributed by atoms with Crippen LogP contribution in [0.3, 0.4) is 0 Å². The van der Waals surface area contributed by atoms with Crippen molar-refractivity contribution in [2.45, 2.75) is 25.7 Å². The van der Waals surface area contributed by atoms with E-state index in [-0.39, 0.29) is 23.7 Å². The fourth-order valence-electron chi connectivity index (χ4n) is 4.76. The smallest absolute Gasteiger partial charge is 0.316 e. The zero-order valence-electron chi connectivity index (χ0n) is 19.1. The molecule has 0 atom stereocenters. The molecule has 0 aliphatic carbocycles. The average Bonchev–Trinajstić information content (AvgIpc) is 2.77. The van der Waals surface area contributed by atoms with Gasteiger partial charge in [-0.05, 0) is 80.1 Å². The Bertz CT molecular complexity index is 1020. The second kappa shape index (κ2) is 10.6. The van der Waals surface area contributed by atoms with E-state index < -0.39 is 6.03 Å². The second-order valence-electron chi connectivity index (χ2n) is 9.23. The summed E-state index contributed by atoms with van der Waals surface area (Å²) in [6.07, 6.45) is 3.85. The van der Waals surface area contributed by atoms with E-state index in [1.54, 1.807) is 12.1 Å². The van der Waals surface area contributed by atoms with E-state index in [0.717, 1.165) is 44.5 Å². The number of anilines is 1. The first-order valence-corrected chi connectivity index (χ1v) is 11.9. The van der Waals surface area contributed by atoms with Crippen molar-refractivity contribution in [2.24, 2.45) is 11.1 Å². The van der Waals surface area contributed by atoms with Crippen LogP contribution in [0.5, 0.6) is 5.75 Å². The Morgan fingerprint density at radius 1 is 1.09 bits per heavy atom. The van der Waals surface area contributed by atoms with Crippen molar-refractivity contribution >= 4 is 29.2 Å². The molecule has 2 aromatic carbocycles. The highest BCUT2D eigenvalue weighted by Crippen LogP contribution is 2.37. The third kappa shape index (κ3) is 6.18. The maximum atomic E-state index is 13.4. The van der Waals surface area contributed by atoms with Gasteiger partial charge in [0.25, 0.3) is 5.91 Å². The van der Waals surface area contributed by atoms with Crippen LogP contribution < -0.4 is 15.8 Å². The summed E-state index contributed by atoms with van der Waals surface area (Å²) in [6.45, 7) is 4.37. The van der Waals surface area contributed by atoms with Gasteiger partial charge in [-0.15, -0.1) is 0 Å². The number of ether oxygens (including phenoxy) is 1. The number of benzene rings is 2. The number of carbonyl (C=O) groups is 2. The summed E-state index contributed by atoms with van der Waals surface area (Å²) in [7, 11) is 0. The lowest BCUT2D eigenvalue weighted by Crippen LogP contribution is -2.52. The number of likely N-dealkylation sites (tertiary alicyclic amines) is 2. The minimum atomic E-state index is -0.742. The van der Waals surface area contributed by atoms with Gasteiger partial charge in [0.1, 0.15) is 11.6 Å². The van der Waals surface area contributed by atoms with Crippen molar-refractivity contribution in [1.29, 1.82) is 0 Å². The summed E-state index contributed by atoms with van der Waals surface area (Å²) in [4.78, 5) is 28.4. The Labute approximate surface area is 204 Å². The fourth-order valence-corrected chi connectivity index (χ4v) is 4.93. The molecular weight excluding hydrogens is 459 g/mol. The average molecular weight is 489 g/mol. The van der Waals surface area contributed by atoms with E-state index in [9.17, 15) is 14.0 Å². The molecule has 2 fully saturated rings. The van der Waals surface area contributed by atoms with Gasteiger partial charge in [-0.25, -0.2) is 9.18 Å². The number of halogens is 2. The van der Waals surface area contributed by atoms with Crippen molar-refractivity contribution in [3.8, 4) is 5.75 Å². The minimum absolute atomic E-state index is 0.0602. The van der Waals surface area contributed by atoms with Crippen molar-refractivity contribution in [1.82, 2.24) is 9.80 Å². The lowest BCUT2D eigenvalue weighted by molar-refractivity contribution is -0.136. The van der Waals surface area contributed by atoms with Crippen LogP contribution in [0, 0.1) is 11.2 Å². The van der Waals surface area contributed by atoms with Crippen LogP contribution in [-0.2, 0) is 11.2 Å². The number of urea groups is 1. The molecule has 0 saturated carbocycles. The number of carbonyl (C=O) groups excluding carboxylic acids is 2. The molecule has 0 unspecified atom stereocenters. The number of amides is 3. The zero-order chi connectivity index (χ0) is 24.1. The van der Waals surface area contributed by atoms with Crippen LogP contribution in [0.15, 0.2) is 42.5 Å². The van der Waals surface area contributed by atoms with Crippen LogP contribution in [0.25, 0.3) is 0 Å². The van der Waals surface area contributed by atoms with Gasteiger partial charge in [0.2, 0.25) is 0 Å². The number of hydrogen-bond donors (Lipinski definition) is 2. The minimum Gasteiger partial charge on any atom is -0.482 e. The summed E-state index contributed by atoms with van der Waals surface area (Å²) >= 11 is 5.98. The Morgan fingerprint density at radius 2 is 1.79 bits per heavy atom. The monoisotopic (exact) mass is 488 g/mol. The summed E-state index contributed by atoms with van der Waals surface area (Å²) in [6, 6.07) is 10.7. The highest BCUT2D eigenvalue weighted by atomic mass is 35.5. The number of hydrogen-bond acceptors (Lipinski definition) is 4. The Morgan fingerprint density at radius 3 is 2.41 bits per heavy atom. The summed E-state index contributed by atoms with van der Waals surface area (Å²) < 4.78 is 19.1. The maximum Gasteiger partial charge on any atom is 0.316 e. The van der Waals surface area contributed by atoms with E-state index in [1.807, 2.05) is 17.0 Å². The van der Waals surface area contributed by atoms with Gasteiger partial charge < -0.3 is 25.6 Å².